The topological polar surface area (TPSA) is 66.7 Å². The number of hydrogen-bond donors (Lipinski definition) is 2. The smallest absolute Gasteiger partial charge is 0.295 e. The number of H-pyrrole nitrogens is 1. The summed E-state index contributed by atoms with van der Waals surface area (Å²) in [6.45, 7) is 0.843. The predicted molar refractivity (Wildman–Crippen MR) is 108 cm³/mol. The third kappa shape index (κ3) is 4.14. The van der Waals surface area contributed by atoms with E-state index in [1.807, 2.05) is 24.3 Å². The van der Waals surface area contributed by atoms with E-state index >= 15 is 0 Å². The number of nitrogens with one attached hydrogen (secondary N) is 2. The van der Waals surface area contributed by atoms with Gasteiger partial charge in [-0.1, -0.05) is 41.9 Å². The van der Waals surface area contributed by atoms with Crippen LogP contribution in [0.25, 0.3) is 22.1 Å². The highest BCUT2D eigenvalue weighted by molar-refractivity contribution is 7.99. The van der Waals surface area contributed by atoms with Gasteiger partial charge < -0.3 is 14.7 Å². The third-order valence-corrected chi connectivity index (χ3v) is 5.25. The van der Waals surface area contributed by atoms with Gasteiger partial charge >= 0.3 is 0 Å². The number of aromatic amines is 1. The Hall–Kier alpha value is -2.18. The molecular weight excluding hydrogens is 368 g/mol. The molecule has 5 nitrogen and oxygen atoms in total. The molecule has 2 aromatic heterocycles. The van der Waals surface area contributed by atoms with E-state index in [4.69, 9.17) is 16.0 Å². The molecule has 0 unspecified atom stereocenters. The second-order valence-corrected chi connectivity index (χ2v) is 7.55. The molecule has 7 heteroatoms. The molecule has 0 aliphatic carbocycles. The summed E-state index contributed by atoms with van der Waals surface area (Å²) in [6.07, 6.45) is 3.36. The summed E-state index contributed by atoms with van der Waals surface area (Å²) in [5.74, 6) is 1.06. The maximum Gasteiger partial charge on any atom is 0.295 e. The van der Waals surface area contributed by atoms with Crippen LogP contribution < -0.4 is 5.32 Å². The molecule has 0 saturated heterocycles. The van der Waals surface area contributed by atoms with E-state index in [-0.39, 0.29) is 0 Å². The molecule has 0 spiro atoms. The lowest BCUT2D eigenvalue weighted by molar-refractivity contribution is 0.609. The summed E-state index contributed by atoms with van der Waals surface area (Å²) in [5.41, 5.74) is 3.65. The van der Waals surface area contributed by atoms with Crippen LogP contribution in [-0.4, -0.2) is 27.2 Å². The van der Waals surface area contributed by atoms with Gasteiger partial charge in [0.05, 0.1) is 11.0 Å². The fraction of sp³-hybridized carbons (Fsp3) is 0.263. The number of hydrogen-bond acceptors (Lipinski definition) is 5. The van der Waals surface area contributed by atoms with Crippen LogP contribution in [0.3, 0.4) is 0 Å². The number of imidazole rings is 1. The van der Waals surface area contributed by atoms with Crippen LogP contribution in [0.15, 0.2) is 52.0 Å². The molecule has 26 heavy (non-hydrogen) atoms. The highest BCUT2D eigenvalue weighted by Gasteiger charge is 2.05. The fourth-order valence-corrected chi connectivity index (χ4v) is 3.80. The Balaban J connectivity index is 1.16. The molecule has 0 saturated carbocycles. The number of halogens is 1. The normalized spacial score (nSPS) is 11.4. The molecule has 0 bridgehead atoms. The number of fused-ring (bicyclic) bond motifs is 2. The van der Waals surface area contributed by atoms with E-state index in [1.165, 1.54) is 0 Å². The van der Waals surface area contributed by atoms with Crippen molar-refractivity contribution in [3.63, 3.8) is 0 Å². The van der Waals surface area contributed by atoms with Gasteiger partial charge in [0, 0.05) is 17.3 Å². The Morgan fingerprint density at radius 2 is 1.96 bits per heavy atom. The first-order valence-electron chi connectivity index (χ1n) is 8.65. The monoisotopic (exact) mass is 386 g/mol. The summed E-state index contributed by atoms with van der Waals surface area (Å²) >= 11 is 7.73. The SMILES string of the molecule is Clc1ccc2oc(NCCCCCSc3nc4ccccc4[nH]3)nc2c1. The van der Waals surface area contributed by atoms with Gasteiger partial charge in [0.15, 0.2) is 10.7 Å². The van der Waals surface area contributed by atoms with Crippen molar-refractivity contribution in [2.45, 2.75) is 24.4 Å². The van der Waals surface area contributed by atoms with Crippen molar-refractivity contribution in [1.82, 2.24) is 15.0 Å². The Labute approximate surface area is 160 Å². The minimum absolute atomic E-state index is 0.555. The van der Waals surface area contributed by atoms with E-state index in [1.54, 1.807) is 23.9 Å². The molecule has 0 amide bonds. The number of thioether (sulfide) groups is 1. The Kier molecular flexibility index (Phi) is 5.32. The quantitative estimate of drug-likeness (QED) is 0.299. The van der Waals surface area contributed by atoms with E-state index in [0.717, 1.165) is 58.8 Å². The maximum absolute atomic E-state index is 5.96. The van der Waals surface area contributed by atoms with Gasteiger partial charge in [-0.3, -0.25) is 0 Å². The van der Waals surface area contributed by atoms with Crippen LogP contribution in [0, 0.1) is 0 Å². The molecule has 2 heterocycles. The number of unbranched alkanes of at least 4 members (excludes halogenated alkanes) is 2. The van der Waals surface area contributed by atoms with Crippen molar-refractivity contribution >= 4 is 51.5 Å². The van der Waals surface area contributed by atoms with Gasteiger partial charge in [0.25, 0.3) is 6.01 Å². The Morgan fingerprint density at radius 3 is 2.88 bits per heavy atom. The molecule has 134 valence electrons. The molecule has 2 N–H and O–H groups in total. The molecule has 0 fully saturated rings. The van der Waals surface area contributed by atoms with Gasteiger partial charge in [0.1, 0.15) is 5.52 Å². The number of para-hydroxylation sites is 2. The van der Waals surface area contributed by atoms with Crippen molar-refractivity contribution in [3.8, 4) is 0 Å². The zero-order valence-corrected chi connectivity index (χ0v) is 15.7. The Bertz CT molecular complexity index is 980. The lowest BCUT2D eigenvalue weighted by Gasteiger charge is -2.01. The summed E-state index contributed by atoms with van der Waals surface area (Å²) in [5, 5.41) is 4.89. The van der Waals surface area contributed by atoms with Gasteiger partial charge in [-0.15, -0.1) is 0 Å². The number of oxazole rings is 1. The average Bonchev–Trinajstić information content (AvgIpc) is 3.23. The van der Waals surface area contributed by atoms with E-state index in [2.05, 4.69) is 26.3 Å². The second kappa shape index (κ2) is 8.01. The Morgan fingerprint density at radius 1 is 1.04 bits per heavy atom. The largest absolute Gasteiger partial charge is 0.424 e. The first-order valence-corrected chi connectivity index (χ1v) is 10.0. The summed E-state index contributed by atoms with van der Waals surface area (Å²) < 4.78 is 5.64. The number of aromatic nitrogens is 3. The van der Waals surface area contributed by atoms with Crippen LogP contribution >= 0.6 is 23.4 Å². The highest BCUT2D eigenvalue weighted by Crippen LogP contribution is 2.23. The molecule has 0 aliphatic heterocycles. The first kappa shape index (κ1) is 17.2. The van der Waals surface area contributed by atoms with E-state index in [0.29, 0.717) is 11.0 Å². The van der Waals surface area contributed by atoms with E-state index in [9.17, 15) is 0 Å². The fourth-order valence-electron chi connectivity index (χ4n) is 2.74. The zero-order valence-electron chi connectivity index (χ0n) is 14.2. The average molecular weight is 387 g/mol. The molecule has 4 aromatic rings. The lowest BCUT2D eigenvalue weighted by Crippen LogP contribution is -2.01. The van der Waals surface area contributed by atoms with Crippen LogP contribution in [0.4, 0.5) is 6.01 Å². The predicted octanol–water partition coefficient (Wildman–Crippen LogP) is 5.73. The lowest BCUT2D eigenvalue weighted by atomic mass is 10.2. The molecule has 0 radical (unpaired) electrons. The highest BCUT2D eigenvalue weighted by atomic mass is 35.5. The maximum atomic E-state index is 5.96. The summed E-state index contributed by atoms with van der Waals surface area (Å²) in [6, 6.07) is 14.1. The minimum Gasteiger partial charge on any atom is -0.424 e. The van der Waals surface area contributed by atoms with Crippen LogP contribution in [0.2, 0.25) is 5.02 Å². The van der Waals surface area contributed by atoms with Gasteiger partial charge in [0.2, 0.25) is 0 Å². The number of rotatable bonds is 8. The molecule has 2 aromatic carbocycles. The van der Waals surface area contributed by atoms with E-state index < -0.39 is 0 Å². The third-order valence-electron chi connectivity index (χ3n) is 4.05. The molecular formula is C19H19ClN4OS. The van der Waals surface area contributed by atoms with Crippen LogP contribution in [0.1, 0.15) is 19.3 Å². The molecule has 4 rings (SSSR count). The first-order chi connectivity index (χ1) is 12.8. The molecule has 0 atom stereocenters. The number of anilines is 1. The van der Waals surface area contributed by atoms with Crippen molar-refractivity contribution in [2.75, 3.05) is 17.6 Å². The van der Waals surface area contributed by atoms with Crippen LogP contribution in [0.5, 0.6) is 0 Å². The standard InChI is InChI=1S/C19H19ClN4OS/c20-13-8-9-17-16(12-13)22-18(25-17)21-10-4-1-5-11-26-19-23-14-6-2-3-7-15(14)24-19/h2-3,6-9,12H,1,4-5,10-11H2,(H,21,22)(H,23,24). The van der Waals surface area contributed by atoms with Crippen molar-refractivity contribution in [1.29, 1.82) is 0 Å². The molecule has 0 aliphatic rings. The van der Waals surface area contributed by atoms with Gasteiger partial charge in [-0.2, -0.15) is 4.98 Å². The van der Waals surface area contributed by atoms with Crippen molar-refractivity contribution in [2.24, 2.45) is 0 Å². The summed E-state index contributed by atoms with van der Waals surface area (Å²) in [7, 11) is 0. The van der Waals surface area contributed by atoms with Gasteiger partial charge in [-0.05, 0) is 43.2 Å². The summed E-state index contributed by atoms with van der Waals surface area (Å²) in [4.78, 5) is 12.3. The van der Waals surface area contributed by atoms with Crippen LogP contribution in [-0.2, 0) is 0 Å². The zero-order chi connectivity index (χ0) is 17.8. The number of nitrogens with zero attached hydrogens (tertiary/aromatic N) is 2. The number of benzene rings is 2. The van der Waals surface area contributed by atoms with Crippen molar-refractivity contribution < 1.29 is 4.42 Å². The van der Waals surface area contributed by atoms with Crippen molar-refractivity contribution in [3.05, 3.63) is 47.5 Å². The minimum atomic E-state index is 0.555. The van der Waals surface area contributed by atoms with Gasteiger partial charge in [-0.25, -0.2) is 4.98 Å². The second-order valence-electron chi connectivity index (χ2n) is 6.03.